The quantitative estimate of drug-likeness (QED) is 0.749. The minimum absolute atomic E-state index is 0.300. The van der Waals surface area contributed by atoms with E-state index in [0.717, 1.165) is 25.9 Å². The van der Waals surface area contributed by atoms with E-state index in [1.165, 1.54) is 6.42 Å². The zero-order valence-corrected chi connectivity index (χ0v) is 12.8. The molecule has 1 aliphatic heterocycles. The molecule has 0 amide bonds. The summed E-state index contributed by atoms with van der Waals surface area (Å²) in [6, 6.07) is 0. The van der Waals surface area contributed by atoms with E-state index in [0.29, 0.717) is 37.0 Å². The van der Waals surface area contributed by atoms with Crippen molar-refractivity contribution in [2.24, 2.45) is 0 Å². The minimum Gasteiger partial charge on any atom is -0.462 e. The highest BCUT2D eigenvalue weighted by Crippen LogP contribution is 2.18. The molecule has 0 spiro atoms. The lowest BCUT2D eigenvalue weighted by Crippen LogP contribution is -2.31. The first-order chi connectivity index (χ1) is 10.3. The lowest BCUT2D eigenvalue weighted by Gasteiger charge is -2.27. The molecular weight excluding hydrogens is 270 g/mol. The Morgan fingerprint density at radius 2 is 2.00 bits per heavy atom. The highest BCUT2D eigenvalue weighted by molar-refractivity contribution is 5.90. The average molecular weight is 293 g/mol. The third-order valence-corrected chi connectivity index (χ3v) is 3.43. The van der Waals surface area contributed by atoms with Crippen LogP contribution in [0.25, 0.3) is 0 Å². The van der Waals surface area contributed by atoms with Crippen molar-refractivity contribution in [2.75, 3.05) is 31.2 Å². The fraction of sp³-hybridized carbons (Fsp3) is 0.667. The van der Waals surface area contributed by atoms with Crippen LogP contribution < -0.4 is 4.90 Å². The van der Waals surface area contributed by atoms with Gasteiger partial charge in [0.1, 0.15) is 5.56 Å². The molecule has 116 valence electrons. The maximum Gasteiger partial charge on any atom is 0.341 e. The van der Waals surface area contributed by atoms with Gasteiger partial charge >= 0.3 is 5.97 Å². The largest absolute Gasteiger partial charge is 0.462 e. The fourth-order valence-electron chi connectivity index (χ4n) is 2.34. The summed E-state index contributed by atoms with van der Waals surface area (Å²) < 4.78 is 10.5. The summed E-state index contributed by atoms with van der Waals surface area (Å²) >= 11 is 0. The van der Waals surface area contributed by atoms with Gasteiger partial charge in [0.05, 0.1) is 18.9 Å². The maximum absolute atomic E-state index is 11.9. The second-order valence-corrected chi connectivity index (χ2v) is 4.94. The SMILES string of the molecule is CCOCc1nc(N2CCCCC2)ncc1C(=O)OCC. The van der Waals surface area contributed by atoms with Crippen LogP contribution in [-0.2, 0) is 16.1 Å². The Hall–Kier alpha value is -1.69. The van der Waals surface area contributed by atoms with Crippen LogP contribution in [0, 0.1) is 0 Å². The normalized spacial score (nSPS) is 15.0. The first-order valence-electron chi connectivity index (χ1n) is 7.62. The molecule has 0 N–H and O–H groups in total. The average Bonchev–Trinajstić information content (AvgIpc) is 2.53. The van der Waals surface area contributed by atoms with Crippen molar-refractivity contribution < 1.29 is 14.3 Å². The lowest BCUT2D eigenvalue weighted by molar-refractivity contribution is 0.0517. The van der Waals surface area contributed by atoms with E-state index in [9.17, 15) is 4.79 Å². The molecule has 0 aliphatic carbocycles. The predicted octanol–water partition coefficient (Wildman–Crippen LogP) is 2.18. The molecule has 2 rings (SSSR count). The monoisotopic (exact) mass is 293 g/mol. The van der Waals surface area contributed by atoms with Crippen LogP contribution in [0.4, 0.5) is 5.95 Å². The van der Waals surface area contributed by atoms with E-state index in [2.05, 4.69) is 14.9 Å². The van der Waals surface area contributed by atoms with E-state index in [1.807, 2.05) is 6.92 Å². The third kappa shape index (κ3) is 4.14. The number of esters is 1. The third-order valence-electron chi connectivity index (χ3n) is 3.43. The van der Waals surface area contributed by atoms with Gasteiger partial charge in [0, 0.05) is 25.9 Å². The second kappa shape index (κ2) is 7.93. The Balaban J connectivity index is 2.22. The van der Waals surface area contributed by atoms with Gasteiger partial charge < -0.3 is 14.4 Å². The molecule has 0 radical (unpaired) electrons. The van der Waals surface area contributed by atoms with Crippen molar-refractivity contribution in [1.82, 2.24) is 9.97 Å². The number of nitrogens with zero attached hydrogens (tertiary/aromatic N) is 3. The van der Waals surface area contributed by atoms with Crippen LogP contribution in [0.2, 0.25) is 0 Å². The highest BCUT2D eigenvalue weighted by Gasteiger charge is 2.19. The van der Waals surface area contributed by atoms with Crippen LogP contribution in [0.3, 0.4) is 0 Å². The minimum atomic E-state index is -0.391. The van der Waals surface area contributed by atoms with E-state index in [1.54, 1.807) is 13.1 Å². The van der Waals surface area contributed by atoms with Gasteiger partial charge in [0.2, 0.25) is 5.95 Å². The summed E-state index contributed by atoms with van der Waals surface area (Å²) in [6.45, 7) is 6.83. The van der Waals surface area contributed by atoms with Crippen molar-refractivity contribution in [3.05, 3.63) is 17.5 Å². The van der Waals surface area contributed by atoms with E-state index in [4.69, 9.17) is 9.47 Å². The summed E-state index contributed by atoms with van der Waals surface area (Å²) in [7, 11) is 0. The molecule has 6 heteroatoms. The summed E-state index contributed by atoms with van der Waals surface area (Å²) in [5, 5.41) is 0. The molecule has 1 saturated heterocycles. The molecule has 6 nitrogen and oxygen atoms in total. The number of hydrogen-bond donors (Lipinski definition) is 0. The topological polar surface area (TPSA) is 64.5 Å². The molecule has 1 aromatic heterocycles. The summed E-state index contributed by atoms with van der Waals surface area (Å²) in [4.78, 5) is 23.0. The van der Waals surface area contributed by atoms with Crippen LogP contribution in [-0.4, -0.2) is 42.2 Å². The second-order valence-electron chi connectivity index (χ2n) is 4.94. The highest BCUT2D eigenvalue weighted by atomic mass is 16.5. The van der Waals surface area contributed by atoms with Crippen molar-refractivity contribution in [3.63, 3.8) is 0 Å². The van der Waals surface area contributed by atoms with Gasteiger partial charge in [-0.2, -0.15) is 0 Å². The Labute approximate surface area is 125 Å². The number of rotatable bonds is 6. The molecule has 0 atom stereocenters. The van der Waals surface area contributed by atoms with Crippen molar-refractivity contribution in [3.8, 4) is 0 Å². The van der Waals surface area contributed by atoms with Gasteiger partial charge in [-0.15, -0.1) is 0 Å². The number of carbonyl (C=O) groups is 1. The Morgan fingerprint density at radius 1 is 1.24 bits per heavy atom. The molecule has 1 fully saturated rings. The van der Waals surface area contributed by atoms with Crippen molar-refractivity contribution in [2.45, 2.75) is 39.7 Å². The molecule has 1 aromatic rings. The fourth-order valence-corrected chi connectivity index (χ4v) is 2.34. The summed E-state index contributed by atoms with van der Waals surface area (Å²) in [6.07, 6.45) is 5.13. The molecule has 2 heterocycles. The van der Waals surface area contributed by atoms with Gasteiger partial charge in [-0.25, -0.2) is 14.8 Å². The van der Waals surface area contributed by atoms with Gasteiger partial charge in [0.25, 0.3) is 0 Å². The first kappa shape index (κ1) is 15.7. The summed E-state index contributed by atoms with van der Waals surface area (Å²) in [5.41, 5.74) is 0.997. The number of ether oxygens (including phenoxy) is 2. The number of aromatic nitrogens is 2. The van der Waals surface area contributed by atoms with Gasteiger partial charge in [0.15, 0.2) is 0 Å². The van der Waals surface area contributed by atoms with Crippen LogP contribution in [0.15, 0.2) is 6.20 Å². The van der Waals surface area contributed by atoms with Gasteiger partial charge in [-0.05, 0) is 33.1 Å². The van der Waals surface area contributed by atoms with E-state index >= 15 is 0 Å². The molecule has 0 aromatic carbocycles. The van der Waals surface area contributed by atoms with E-state index < -0.39 is 5.97 Å². The van der Waals surface area contributed by atoms with Crippen LogP contribution in [0.1, 0.15) is 49.2 Å². The van der Waals surface area contributed by atoms with Crippen molar-refractivity contribution >= 4 is 11.9 Å². The molecule has 21 heavy (non-hydrogen) atoms. The predicted molar refractivity (Wildman–Crippen MR) is 79.4 cm³/mol. The lowest BCUT2D eigenvalue weighted by atomic mass is 10.1. The number of carbonyl (C=O) groups excluding carboxylic acids is 1. The standard InChI is InChI=1S/C15H23N3O3/c1-3-20-11-13-12(14(19)21-4-2)10-16-15(17-13)18-8-6-5-7-9-18/h10H,3-9,11H2,1-2H3. The Bertz CT molecular complexity index is 473. The molecule has 0 unspecified atom stereocenters. The van der Waals surface area contributed by atoms with Crippen molar-refractivity contribution in [1.29, 1.82) is 0 Å². The number of hydrogen-bond acceptors (Lipinski definition) is 6. The number of anilines is 1. The maximum atomic E-state index is 11.9. The van der Waals surface area contributed by atoms with Gasteiger partial charge in [-0.1, -0.05) is 0 Å². The van der Waals surface area contributed by atoms with E-state index in [-0.39, 0.29) is 0 Å². The molecule has 1 aliphatic rings. The van der Waals surface area contributed by atoms with Crippen LogP contribution in [0.5, 0.6) is 0 Å². The first-order valence-corrected chi connectivity index (χ1v) is 7.62. The zero-order valence-electron chi connectivity index (χ0n) is 12.8. The molecule has 0 saturated carbocycles. The Morgan fingerprint density at radius 3 is 2.67 bits per heavy atom. The van der Waals surface area contributed by atoms with Crippen LogP contribution >= 0.6 is 0 Å². The Kier molecular flexibility index (Phi) is 5.92. The number of piperidine rings is 1. The zero-order chi connectivity index (χ0) is 15.1. The van der Waals surface area contributed by atoms with Gasteiger partial charge in [-0.3, -0.25) is 0 Å². The summed E-state index contributed by atoms with van der Waals surface area (Å²) in [5.74, 6) is 0.287. The molecule has 0 bridgehead atoms. The smallest absolute Gasteiger partial charge is 0.341 e. The molecular formula is C15H23N3O3.